The Hall–Kier alpha value is 0.355. The second kappa shape index (κ2) is 5.55. The van der Waals surface area contributed by atoms with Crippen molar-refractivity contribution in [1.82, 2.24) is 4.78 Å². The van der Waals surface area contributed by atoms with Crippen LogP contribution in [0.25, 0.3) is 0 Å². The van der Waals surface area contributed by atoms with Crippen LogP contribution in [-0.4, -0.2) is 29.8 Å². The molecule has 0 amide bonds. The fourth-order valence-corrected chi connectivity index (χ4v) is 3.16. The van der Waals surface area contributed by atoms with Gasteiger partial charge in [-0.25, -0.2) is 4.78 Å². The Balaban J connectivity index is 2.93. The number of rotatable bonds is 4. The van der Waals surface area contributed by atoms with Crippen LogP contribution in [0.1, 0.15) is 34.6 Å². The lowest BCUT2D eigenvalue weighted by Gasteiger charge is -2.32. The zero-order valence-electron chi connectivity index (χ0n) is 11.0. The minimum Gasteiger partial charge on any atom is -0.398 e. The highest BCUT2D eigenvalue weighted by Crippen LogP contribution is 2.41. The van der Waals surface area contributed by atoms with E-state index in [9.17, 15) is 0 Å². The van der Waals surface area contributed by atoms with Gasteiger partial charge in [0.1, 0.15) is 0 Å². The third-order valence-corrected chi connectivity index (χ3v) is 5.19. The summed E-state index contributed by atoms with van der Waals surface area (Å²) < 4.78 is 13.8. The standard InChI is InChI=1S/C10H19BIN2O2P/c1-7-8(14(13-6)17-12)11-15-9(2,3)10(4,5)16-11/h7,17H,6H2,1-5H3/b8-7-. The van der Waals surface area contributed by atoms with Gasteiger partial charge in [-0.15, -0.1) is 0 Å². The summed E-state index contributed by atoms with van der Waals surface area (Å²) in [7, 11) is -0.377. The third-order valence-electron chi connectivity index (χ3n) is 3.26. The van der Waals surface area contributed by atoms with E-state index in [0.717, 1.165) is 5.60 Å². The molecular formula is C10H19BIN2O2P. The van der Waals surface area contributed by atoms with Crippen LogP contribution >= 0.6 is 28.4 Å². The molecule has 96 valence electrons. The monoisotopic (exact) mass is 368 g/mol. The second-order valence-corrected chi connectivity index (χ2v) is 6.88. The van der Waals surface area contributed by atoms with Gasteiger partial charge >= 0.3 is 7.12 Å². The first kappa shape index (κ1) is 15.4. The van der Waals surface area contributed by atoms with Gasteiger partial charge in [0.25, 0.3) is 0 Å². The van der Waals surface area contributed by atoms with Crippen LogP contribution in [0, 0.1) is 0 Å². The van der Waals surface area contributed by atoms with Gasteiger partial charge in [-0.1, -0.05) is 6.08 Å². The third kappa shape index (κ3) is 3.03. The highest BCUT2D eigenvalue weighted by Gasteiger charge is 2.53. The van der Waals surface area contributed by atoms with E-state index in [-0.39, 0.29) is 18.3 Å². The van der Waals surface area contributed by atoms with Crippen LogP contribution in [0.4, 0.5) is 0 Å². The Labute approximate surface area is 119 Å². The zero-order chi connectivity index (χ0) is 13.3. The van der Waals surface area contributed by atoms with Crippen molar-refractivity contribution in [2.45, 2.75) is 45.8 Å². The smallest absolute Gasteiger partial charge is 0.398 e. The number of allylic oxidation sites excluding steroid dienone is 1. The quantitative estimate of drug-likeness (QED) is 0.251. The van der Waals surface area contributed by atoms with Crippen molar-refractivity contribution in [1.29, 1.82) is 0 Å². The molecule has 1 fully saturated rings. The summed E-state index contributed by atoms with van der Waals surface area (Å²) >= 11 is 2.26. The summed E-state index contributed by atoms with van der Waals surface area (Å²) in [5, 5.41) is 3.98. The molecule has 1 saturated heterocycles. The van der Waals surface area contributed by atoms with Gasteiger partial charge in [0, 0.05) is 6.72 Å². The molecule has 0 N–H and O–H groups in total. The van der Waals surface area contributed by atoms with Gasteiger partial charge in [-0.2, -0.15) is 5.10 Å². The maximum atomic E-state index is 5.98. The van der Waals surface area contributed by atoms with Crippen LogP contribution in [0.15, 0.2) is 16.8 Å². The molecule has 1 rings (SSSR count). The van der Waals surface area contributed by atoms with Crippen molar-refractivity contribution in [3.63, 3.8) is 0 Å². The first-order valence-electron chi connectivity index (χ1n) is 5.44. The number of hydrogen-bond donors (Lipinski definition) is 0. The van der Waals surface area contributed by atoms with E-state index in [1.165, 1.54) is 0 Å². The van der Waals surface area contributed by atoms with Crippen molar-refractivity contribution >= 4 is 42.3 Å². The summed E-state index contributed by atoms with van der Waals surface area (Å²) in [6, 6.07) is 0. The lowest BCUT2D eigenvalue weighted by molar-refractivity contribution is 0.00578. The minimum absolute atomic E-state index is 0.326. The van der Waals surface area contributed by atoms with Gasteiger partial charge in [0.05, 0.1) is 23.2 Å². The molecule has 1 atom stereocenters. The van der Waals surface area contributed by atoms with Gasteiger partial charge in [0.2, 0.25) is 0 Å². The second-order valence-electron chi connectivity index (χ2n) is 4.84. The number of halogens is 1. The molecule has 1 aliphatic heterocycles. The lowest BCUT2D eigenvalue weighted by Crippen LogP contribution is -2.41. The van der Waals surface area contributed by atoms with E-state index >= 15 is 0 Å². The fourth-order valence-electron chi connectivity index (χ4n) is 1.48. The van der Waals surface area contributed by atoms with E-state index < -0.39 is 0 Å². The molecule has 0 saturated carbocycles. The summed E-state index contributed by atoms with van der Waals surface area (Å²) in [4.78, 5) is 0. The van der Waals surface area contributed by atoms with E-state index in [1.807, 2.05) is 45.5 Å². The molecule has 0 spiro atoms. The Kier molecular flexibility index (Phi) is 5.03. The van der Waals surface area contributed by atoms with E-state index in [0.29, 0.717) is 6.37 Å². The summed E-state index contributed by atoms with van der Waals surface area (Å²) in [6.07, 6.45) is 2.43. The normalized spacial score (nSPS) is 23.4. The molecule has 0 aromatic heterocycles. The topological polar surface area (TPSA) is 34.1 Å². The SMILES string of the molecule is C=NN(PI)/C(=C\C)B1OC(C)(C)C(C)(C)O1. The Morgan fingerprint density at radius 1 is 1.35 bits per heavy atom. The first-order chi connectivity index (χ1) is 7.79. The maximum absolute atomic E-state index is 5.98. The van der Waals surface area contributed by atoms with Crippen molar-refractivity contribution in [2.24, 2.45) is 5.10 Å². The molecule has 17 heavy (non-hydrogen) atoms. The van der Waals surface area contributed by atoms with Gasteiger partial charge in [-0.3, -0.25) is 0 Å². The molecule has 1 heterocycles. The molecule has 1 unspecified atom stereocenters. The largest absolute Gasteiger partial charge is 0.514 e. The van der Waals surface area contributed by atoms with Crippen molar-refractivity contribution in [3.8, 4) is 0 Å². The molecule has 1 aliphatic rings. The molecule has 0 bridgehead atoms. The predicted molar refractivity (Wildman–Crippen MR) is 83.6 cm³/mol. The number of hydrogen-bond acceptors (Lipinski definition) is 4. The summed E-state index contributed by atoms with van der Waals surface area (Å²) in [6.45, 7) is 13.7. The molecule has 0 radical (unpaired) electrons. The predicted octanol–water partition coefficient (Wildman–Crippen LogP) is 3.38. The Morgan fingerprint density at radius 2 is 1.82 bits per heavy atom. The molecule has 0 aliphatic carbocycles. The highest BCUT2D eigenvalue weighted by molar-refractivity contribution is 14.2. The van der Waals surface area contributed by atoms with Crippen LogP contribution in [-0.2, 0) is 9.31 Å². The Bertz CT molecular complexity index is 320. The minimum atomic E-state index is -0.377. The van der Waals surface area contributed by atoms with Crippen LogP contribution < -0.4 is 0 Å². The van der Waals surface area contributed by atoms with Crippen LogP contribution in [0.5, 0.6) is 0 Å². The average Bonchev–Trinajstić information content (AvgIpc) is 2.44. The Morgan fingerprint density at radius 3 is 2.12 bits per heavy atom. The van der Waals surface area contributed by atoms with Crippen molar-refractivity contribution < 1.29 is 9.31 Å². The highest BCUT2D eigenvalue weighted by atomic mass is 127. The molecule has 0 aromatic carbocycles. The van der Waals surface area contributed by atoms with Crippen LogP contribution in [0.3, 0.4) is 0 Å². The lowest BCUT2D eigenvalue weighted by atomic mass is 9.84. The zero-order valence-corrected chi connectivity index (χ0v) is 14.1. The fraction of sp³-hybridized carbons (Fsp3) is 0.700. The molecule has 0 aromatic rings. The summed E-state index contributed by atoms with van der Waals surface area (Å²) in [5.74, 6) is 0. The van der Waals surface area contributed by atoms with Gasteiger partial charge < -0.3 is 9.31 Å². The van der Waals surface area contributed by atoms with Gasteiger partial charge in [0.15, 0.2) is 0 Å². The maximum Gasteiger partial charge on any atom is 0.514 e. The van der Waals surface area contributed by atoms with E-state index in [2.05, 4.69) is 33.9 Å². The molecule has 4 nitrogen and oxygen atoms in total. The molecule has 7 heteroatoms. The van der Waals surface area contributed by atoms with Gasteiger partial charge in [-0.05, 0) is 56.7 Å². The number of nitrogens with zero attached hydrogens (tertiary/aromatic N) is 2. The van der Waals surface area contributed by atoms with E-state index in [1.54, 1.807) is 0 Å². The average molecular weight is 368 g/mol. The van der Waals surface area contributed by atoms with E-state index in [4.69, 9.17) is 9.31 Å². The number of hydrazone groups is 1. The first-order valence-corrected chi connectivity index (χ1v) is 9.50. The van der Waals surface area contributed by atoms with Crippen LogP contribution in [0.2, 0.25) is 0 Å². The van der Waals surface area contributed by atoms with Crippen molar-refractivity contribution in [3.05, 3.63) is 11.7 Å². The van der Waals surface area contributed by atoms with Crippen molar-refractivity contribution in [2.75, 3.05) is 0 Å². The summed E-state index contributed by atoms with van der Waals surface area (Å²) in [5.41, 5.74) is 0.256. The molecular weight excluding hydrogens is 349 g/mol.